The molecular formula is C27H47N5O6. The lowest BCUT2D eigenvalue weighted by atomic mass is 9.99. The monoisotopic (exact) mass is 537 g/mol. The van der Waals surface area contributed by atoms with Gasteiger partial charge in [-0.2, -0.15) is 4.98 Å². The Labute approximate surface area is 225 Å². The molecule has 1 aromatic rings. The van der Waals surface area contributed by atoms with Crippen LogP contribution in [0.2, 0.25) is 0 Å². The van der Waals surface area contributed by atoms with E-state index < -0.39 is 48.0 Å². The van der Waals surface area contributed by atoms with Crippen LogP contribution in [0.5, 0.6) is 0 Å². The lowest BCUT2D eigenvalue weighted by Gasteiger charge is -2.18. The summed E-state index contributed by atoms with van der Waals surface area (Å²) in [5.41, 5.74) is 10.6. The largest absolute Gasteiger partial charge is 0.390 e. The van der Waals surface area contributed by atoms with E-state index >= 15 is 0 Å². The van der Waals surface area contributed by atoms with Gasteiger partial charge in [0.25, 0.3) is 0 Å². The summed E-state index contributed by atoms with van der Waals surface area (Å²) in [6, 6.07) is 0.683. The fourth-order valence-electron chi connectivity index (χ4n) is 4.62. The molecule has 2 rings (SSSR count). The Kier molecular flexibility index (Phi) is 14.7. The molecule has 7 N–H and O–H groups in total. The van der Waals surface area contributed by atoms with Crippen LogP contribution < -0.4 is 22.5 Å². The second-order valence-corrected chi connectivity index (χ2v) is 10.2. The first-order valence-electron chi connectivity index (χ1n) is 14.2. The second-order valence-electron chi connectivity index (χ2n) is 10.2. The molecule has 1 aliphatic heterocycles. The van der Waals surface area contributed by atoms with Crippen LogP contribution in [0.15, 0.2) is 17.1 Å². The van der Waals surface area contributed by atoms with Crippen molar-refractivity contribution < 1.29 is 24.5 Å². The third-order valence-electron chi connectivity index (χ3n) is 6.98. The smallest absolute Gasteiger partial charge is 0.351 e. The van der Waals surface area contributed by atoms with Crippen LogP contribution in [-0.2, 0) is 14.3 Å². The van der Waals surface area contributed by atoms with Crippen LogP contribution in [0.1, 0.15) is 103 Å². The Morgan fingerprint density at radius 1 is 1.11 bits per heavy atom. The molecule has 0 aliphatic carbocycles. The van der Waals surface area contributed by atoms with Crippen molar-refractivity contribution in [2.24, 2.45) is 11.5 Å². The Bertz CT molecular complexity index is 910. The number of amides is 1. The van der Waals surface area contributed by atoms with E-state index in [-0.39, 0.29) is 12.2 Å². The van der Waals surface area contributed by atoms with Gasteiger partial charge in [-0.15, -0.1) is 0 Å². The number of Topliss-reactive ketones (excluding diaryl/α,β-unsaturated/α-hetero) is 1. The maximum absolute atomic E-state index is 12.7. The van der Waals surface area contributed by atoms with E-state index in [1.54, 1.807) is 0 Å². The van der Waals surface area contributed by atoms with Gasteiger partial charge in [0.2, 0.25) is 5.91 Å². The predicted octanol–water partition coefficient (Wildman–Crippen LogP) is 2.14. The number of carbonyl (C=O) groups is 2. The van der Waals surface area contributed by atoms with Crippen molar-refractivity contribution in [1.29, 1.82) is 0 Å². The van der Waals surface area contributed by atoms with Crippen LogP contribution in [0, 0.1) is 0 Å². The highest BCUT2D eigenvalue weighted by Crippen LogP contribution is 2.29. The van der Waals surface area contributed by atoms with Crippen LogP contribution in [0.4, 0.5) is 5.82 Å². The molecule has 1 saturated heterocycles. The average Bonchev–Trinajstić information content (AvgIpc) is 3.28. The third kappa shape index (κ3) is 10.5. The molecule has 1 fully saturated rings. The zero-order valence-corrected chi connectivity index (χ0v) is 22.7. The van der Waals surface area contributed by atoms with Gasteiger partial charge in [0.05, 0.1) is 12.1 Å². The lowest BCUT2D eigenvalue weighted by Crippen LogP contribution is -2.38. The number of ether oxygens (including phenoxy) is 1. The van der Waals surface area contributed by atoms with E-state index in [2.05, 4.69) is 17.2 Å². The second kappa shape index (κ2) is 17.4. The number of aliphatic hydroxyl groups excluding tert-OH is 2. The van der Waals surface area contributed by atoms with Crippen molar-refractivity contribution in [3.63, 3.8) is 0 Å². The van der Waals surface area contributed by atoms with Crippen molar-refractivity contribution in [2.75, 3.05) is 11.9 Å². The van der Waals surface area contributed by atoms with E-state index in [0.717, 1.165) is 43.1 Å². The molecule has 0 saturated carbocycles. The van der Waals surface area contributed by atoms with E-state index in [0.29, 0.717) is 19.4 Å². The summed E-state index contributed by atoms with van der Waals surface area (Å²) >= 11 is 0. The SMILES string of the molecule is CCCCCCCCCCCC(O)C(=O)[C@H]1O[C@@H](n2ccc(NC(=O)[C@@H](N)CCCCN)nc2=O)C[C@@H]1O. The molecule has 2 heterocycles. The number of ketones is 1. The minimum atomic E-state index is -1.22. The number of nitrogens with one attached hydrogen (secondary N) is 1. The van der Waals surface area contributed by atoms with Gasteiger partial charge in [0.15, 0.2) is 5.78 Å². The molecule has 11 heteroatoms. The number of unbranched alkanes of at least 4 members (excludes halogenated alkanes) is 9. The number of anilines is 1. The molecule has 1 amide bonds. The fourth-order valence-corrected chi connectivity index (χ4v) is 4.62. The number of aromatic nitrogens is 2. The normalized spacial score (nSPS) is 20.8. The highest BCUT2D eigenvalue weighted by Gasteiger charge is 2.42. The van der Waals surface area contributed by atoms with Crippen LogP contribution in [0.25, 0.3) is 0 Å². The lowest BCUT2D eigenvalue weighted by molar-refractivity contribution is -0.144. The Morgan fingerprint density at radius 3 is 2.37 bits per heavy atom. The van der Waals surface area contributed by atoms with Crippen molar-refractivity contribution in [2.45, 2.75) is 127 Å². The number of carbonyl (C=O) groups excluding carboxylic acids is 2. The molecule has 0 radical (unpaired) electrons. The quantitative estimate of drug-likeness (QED) is 0.165. The van der Waals surface area contributed by atoms with Gasteiger partial charge < -0.3 is 31.7 Å². The molecule has 5 atom stereocenters. The first-order valence-corrected chi connectivity index (χ1v) is 14.2. The Hall–Kier alpha value is -2.18. The zero-order chi connectivity index (χ0) is 27.9. The molecule has 38 heavy (non-hydrogen) atoms. The number of rotatable bonds is 19. The summed E-state index contributed by atoms with van der Waals surface area (Å²) in [4.78, 5) is 41.4. The summed E-state index contributed by atoms with van der Waals surface area (Å²) in [6.45, 7) is 2.72. The standard InChI is InChI=1S/C27H47N5O6/c1-2-3-4-5-6-7-8-9-10-14-20(33)24(35)25-21(34)18-23(38-25)32-17-15-22(31-27(32)37)30-26(36)19(29)13-11-12-16-28/h15,17,19-21,23,25,33-34H,2-14,16,18,28-29H2,1H3,(H,30,31,36,37)/t19-,20?,21-,23+,25-/m0/s1. The molecular weight excluding hydrogens is 490 g/mol. The van der Waals surface area contributed by atoms with Crippen molar-refractivity contribution >= 4 is 17.5 Å². The highest BCUT2D eigenvalue weighted by atomic mass is 16.5. The fraction of sp³-hybridized carbons (Fsp3) is 0.778. The van der Waals surface area contributed by atoms with E-state index in [1.165, 1.54) is 44.4 Å². The van der Waals surface area contributed by atoms with E-state index in [4.69, 9.17) is 16.2 Å². The zero-order valence-electron chi connectivity index (χ0n) is 22.7. The van der Waals surface area contributed by atoms with Crippen LogP contribution in [-0.4, -0.2) is 62.4 Å². The molecule has 1 unspecified atom stereocenters. The Balaban J connectivity index is 1.80. The number of nitrogens with two attached hydrogens (primary N) is 2. The van der Waals surface area contributed by atoms with Gasteiger partial charge in [-0.05, 0) is 31.9 Å². The van der Waals surface area contributed by atoms with Gasteiger partial charge >= 0.3 is 5.69 Å². The average molecular weight is 538 g/mol. The number of aliphatic hydroxyl groups is 2. The number of nitrogens with zero attached hydrogens (tertiary/aromatic N) is 2. The Morgan fingerprint density at radius 2 is 1.74 bits per heavy atom. The first kappa shape index (κ1) is 32.0. The first-order chi connectivity index (χ1) is 18.3. The van der Waals surface area contributed by atoms with Gasteiger partial charge in [0, 0.05) is 12.6 Å². The van der Waals surface area contributed by atoms with Gasteiger partial charge in [-0.3, -0.25) is 14.2 Å². The molecule has 1 aliphatic rings. The minimum absolute atomic E-state index is 0.000464. The maximum Gasteiger partial charge on any atom is 0.351 e. The van der Waals surface area contributed by atoms with Gasteiger partial charge in [-0.25, -0.2) is 4.79 Å². The van der Waals surface area contributed by atoms with Crippen LogP contribution in [0.3, 0.4) is 0 Å². The molecule has 1 aromatic heterocycles. The summed E-state index contributed by atoms with van der Waals surface area (Å²) < 4.78 is 6.83. The topological polar surface area (TPSA) is 183 Å². The van der Waals surface area contributed by atoms with E-state index in [1.807, 2.05) is 0 Å². The molecule has 11 nitrogen and oxygen atoms in total. The minimum Gasteiger partial charge on any atom is -0.390 e. The summed E-state index contributed by atoms with van der Waals surface area (Å²) in [5, 5.41) is 23.3. The molecule has 0 bridgehead atoms. The number of hydrogen-bond acceptors (Lipinski definition) is 9. The predicted molar refractivity (Wildman–Crippen MR) is 145 cm³/mol. The van der Waals surface area contributed by atoms with Crippen molar-refractivity contribution in [3.05, 3.63) is 22.7 Å². The van der Waals surface area contributed by atoms with Crippen molar-refractivity contribution in [1.82, 2.24) is 9.55 Å². The molecule has 216 valence electrons. The highest BCUT2D eigenvalue weighted by molar-refractivity contribution is 5.93. The van der Waals surface area contributed by atoms with Gasteiger partial charge in [-0.1, -0.05) is 71.1 Å². The summed E-state index contributed by atoms with van der Waals surface area (Å²) in [5.74, 6) is -0.980. The van der Waals surface area contributed by atoms with Crippen molar-refractivity contribution in [3.8, 4) is 0 Å². The van der Waals surface area contributed by atoms with Crippen LogP contribution >= 0.6 is 0 Å². The summed E-state index contributed by atoms with van der Waals surface area (Å²) in [7, 11) is 0. The summed E-state index contributed by atoms with van der Waals surface area (Å²) in [6.07, 6.45) is 9.31. The third-order valence-corrected chi connectivity index (χ3v) is 6.98. The maximum atomic E-state index is 12.7. The van der Waals surface area contributed by atoms with E-state index in [9.17, 15) is 24.6 Å². The molecule has 0 aromatic carbocycles. The molecule has 0 spiro atoms. The van der Waals surface area contributed by atoms with Gasteiger partial charge in [0.1, 0.15) is 24.3 Å². The number of hydrogen-bond donors (Lipinski definition) is 5.